The smallest absolute Gasteiger partial charge is 0.371 e. The maximum atomic E-state index is 12.4. The number of carboxylic acids is 1. The molecule has 3 rings (SSSR count). The Morgan fingerprint density at radius 2 is 2.00 bits per heavy atom. The number of nitrogens with zero attached hydrogens (tertiary/aromatic N) is 1. The summed E-state index contributed by atoms with van der Waals surface area (Å²) in [6.07, 6.45) is 1.61. The highest BCUT2D eigenvalue weighted by molar-refractivity contribution is 6.35. The molecule has 0 fully saturated rings. The van der Waals surface area contributed by atoms with Crippen molar-refractivity contribution < 1.29 is 14.3 Å². The van der Waals surface area contributed by atoms with Crippen LogP contribution in [0.5, 0.6) is 0 Å². The molecule has 0 radical (unpaired) electrons. The molecule has 0 atom stereocenters. The highest BCUT2D eigenvalue weighted by Gasteiger charge is 2.11. The van der Waals surface area contributed by atoms with Crippen molar-refractivity contribution in [2.75, 3.05) is 0 Å². The number of aromatic carboxylic acids is 1. The van der Waals surface area contributed by atoms with Gasteiger partial charge in [0.15, 0.2) is 0 Å². The SMILES string of the molecule is O=C(O)c1ccc(Cn2ccc3c(Cl)cccc3c2=O)o1. The van der Waals surface area contributed by atoms with E-state index >= 15 is 0 Å². The fourth-order valence-electron chi connectivity index (χ4n) is 2.15. The molecular formula is C15H10ClNO4. The summed E-state index contributed by atoms with van der Waals surface area (Å²) in [5.74, 6) is -0.892. The van der Waals surface area contributed by atoms with Crippen molar-refractivity contribution in [2.24, 2.45) is 0 Å². The van der Waals surface area contributed by atoms with E-state index in [2.05, 4.69) is 0 Å². The summed E-state index contributed by atoms with van der Waals surface area (Å²) in [6.45, 7) is 0.161. The second-order valence-electron chi connectivity index (χ2n) is 4.52. The Hall–Kier alpha value is -2.53. The molecule has 6 heteroatoms. The number of carboxylic acid groups (broad SMARTS) is 1. The van der Waals surface area contributed by atoms with Crippen molar-refractivity contribution in [3.05, 3.63) is 69.5 Å². The van der Waals surface area contributed by atoms with Gasteiger partial charge in [-0.15, -0.1) is 0 Å². The summed E-state index contributed by atoms with van der Waals surface area (Å²) in [5.41, 5.74) is -0.205. The fraction of sp³-hybridized carbons (Fsp3) is 0.0667. The average Bonchev–Trinajstić information content (AvgIpc) is 2.91. The lowest BCUT2D eigenvalue weighted by atomic mass is 10.2. The maximum absolute atomic E-state index is 12.4. The van der Waals surface area contributed by atoms with E-state index in [9.17, 15) is 9.59 Å². The van der Waals surface area contributed by atoms with Gasteiger partial charge in [-0.05, 0) is 30.3 Å². The first kappa shape index (κ1) is 13.5. The van der Waals surface area contributed by atoms with Gasteiger partial charge in [0, 0.05) is 22.0 Å². The highest BCUT2D eigenvalue weighted by atomic mass is 35.5. The van der Waals surface area contributed by atoms with E-state index in [0.29, 0.717) is 21.6 Å². The molecule has 0 amide bonds. The predicted molar refractivity (Wildman–Crippen MR) is 78.0 cm³/mol. The van der Waals surface area contributed by atoms with E-state index < -0.39 is 5.97 Å². The molecule has 1 aromatic carbocycles. The molecule has 21 heavy (non-hydrogen) atoms. The quantitative estimate of drug-likeness (QED) is 0.807. The van der Waals surface area contributed by atoms with Crippen LogP contribution in [0.4, 0.5) is 0 Å². The number of carbonyl (C=O) groups is 1. The Morgan fingerprint density at radius 1 is 1.19 bits per heavy atom. The molecule has 3 aromatic rings. The van der Waals surface area contributed by atoms with Crippen molar-refractivity contribution in [2.45, 2.75) is 6.54 Å². The van der Waals surface area contributed by atoms with Crippen molar-refractivity contribution in [3.8, 4) is 0 Å². The summed E-state index contributed by atoms with van der Waals surface area (Å²) in [5, 5.41) is 10.5. The van der Waals surface area contributed by atoms with Crippen LogP contribution in [0.25, 0.3) is 10.8 Å². The van der Waals surface area contributed by atoms with E-state index in [-0.39, 0.29) is 17.9 Å². The Kier molecular flexibility index (Phi) is 3.27. The fourth-order valence-corrected chi connectivity index (χ4v) is 2.39. The van der Waals surface area contributed by atoms with E-state index in [1.807, 2.05) is 0 Å². The van der Waals surface area contributed by atoms with Gasteiger partial charge in [0.25, 0.3) is 5.56 Å². The number of rotatable bonds is 3. The van der Waals surface area contributed by atoms with Crippen LogP contribution in [0.1, 0.15) is 16.3 Å². The van der Waals surface area contributed by atoms with Gasteiger partial charge in [-0.3, -0.25) is 4.79 Å². The van der Waals surface area contributed by atoms with Crippen molar-refractivity contribution in [3.63, 3.8) is 0 Å². The zero-order valence-corrected chi connectivity index (χ0v) is 11.5. The number of hydrogen-bond donors (Lipinski definition) is 1. The number of aromatic nitrogens is 1. The van der Waals surface area contributed by atoms with Crippen LogP contribution >= 0.6 is 11.6 Å². The minimum Gasteiger partial charge on any atom is -0.475 e. The summed E-state index contributed by atoms with van der Waals surface area (Å²) < 4.78 is 6.60. The third-order valence-corrected chi connectivity index (χ3v) is 3.49. The zero-order chi connectivity index (χ0) is 15.0. The predicted octanol–water partition coefficient (Wildman–Crippen LogP) is 2.99. The van der Waals surface area contributed by atoms with Gasteiger partial charge in [0.2, 0.25) is 5.76 Å². The van der Waals surface area contributed by atoms with Gasteiger partial charge < -0.3 is 14.1 Å². The van der Waals surface area contributed by atoms with Crippen LogP contribution in [-0.4, -0.2) is 15.6 Å². The van der Waals surface area contributed by atoms with Gasteiger partial charge in [-0.25, -0.2) is 4.79 Å². The second kappa shape index (κ2) is 5.10. The Bertz CT molecular complexity index is 894. The van der Waals surface area contributed by atoms with E-state index in [1.54, 1.807) is 30.5 Å². The molecule has 0 spiro atoms. The molecule has 2 heterocycles. The van der Waals surface area contributed by atoms with Gasteiger partial charge in [0.05, 0.1) is 6.54 Å². The summed E-state index contributed by atoms with van der Waals surface area (Å²) in [7, 11) is 0. The van der Waals surface area contributed by atoms with Crippen LogP contribution in [0.15, 0.2) is 51.8 Å². The number of hydrogen-bond acceptors (Lipinski definition) is 3. The summed E-state index contributed by atoms with van der Waals surface area (Å²) >= 11 is 6.05. The summed E-state index contributed by atoms with van der Waals surface area (Å²) in [6, 6.07) is 9.79. The zero-order valence-electron chi connectivity index (χ0n) is 10.7. The molecule has 0 aliphatic carbocycles. The van der Waals surface area contributed by atoms with Gasteiger partial charge in [-0.1, -0.05) is 17.7 Å². The third-order valence-electron chi connectivity index (χ3n) is 3.16. The van der Waals surface area contributed by atoms with Gasteiger partial charge in [0.1, 0.15) is 5.76 Å². The van der Waals surface area contributed by atoms with Crippen LogP contribution in [-0.2, 0) is 6.54 Å². The topological polar surface area (TPSA) is 72.4 Å². The Labute approximate surface area is 124 Å². The van der Waals surface area contributed by atoms with Crippen LogP contribution in [0.3, 0.4) is 0 Å². The average molecular weight is 304 g/mol. The van der Waals surface area contributed by atoms with Gasteiger partial charge >= 0.3 is 5.97 Å². The van der Waals surface area contributed by atoms with E-state index in [4.69, 9.17) is 21.1 Å². The molecule has 2 aromatic heterocycles. The van der Waals surface area contributed by atoms with Crippen molar-refractivity contribution >= 4 is 28.3 Å². The molecule has 106 valence electrons. The lowest BCUT2D eigenvalue weighted by molar-refractivity contribution is 0.0660. The highest BCUT2D eigenvalue weighted by Crippen LogP contribution is 2.20. The summed E-state index contributed by atoms with van der Waals surface area (Å²) in [4.78, 5) is 23.1. The molecular weight excluding hydrogens is 294 g/mol. The first-order valence-electron chi connectivity index (χ1n) is 6.16. The first-order chi connectivity index (χ1) is 10.1. The van der Waals surface area contributed by atoms with Crippen LogP contribution in [0.2, 0.25) is 5.02 Å². The Morgan fingerprint density at radius 3 is 2.71 bits per heavy atom. The molecule has 0 unspecified atom stereocenters. The number of furan rings is 1. The molecule has 0 bridgehead atoms. The lowest BCUT2D eigenvalue weighted by Crippen LogP contribution is -2.19. The largest absolute Gasteiger partial charge is 0.475 e. The monoisotopic (exact) mass is 303 g/mol. The van der Waals surface area contributed by atoms with Crippen LogP contribution < -0.4 is 5.56 Å². The van der Waals surface area contributed by atoms with Gasteiger partial charge in [-0.2, -0.15) is 0 Å². The number of fused-ring (bicyclic) bond motifs is 1. The van der Waals surface area contributed by atoms with Crippen molar-refractivity contribution in [1.82, 2.24) is 4.57 Å². The third kappa shape index (κ3) is 2.43. The lowest BCUT2D eigenvalue weighted by Gasteiger charge is -2.06. The normalized spacial score (nSPS) is 10.9. The second-order valence-corrected chi connectivity index (χ2v) is 4.93. The molecule has 5 nitrogen and oxygen atoms in total. The number of benzene rings is 1. The maximum Gasteiger partial charge on any atom is 0.371 e. The molecule has 1 N–H and O–H groups in total. The van der Waals surface area contributed by atoms with E-state index in [1.165, 1.54) is 16.7 Å². The standard InChI is InChI=1S/C15H10ClNO4/c16-12-3-1-2-11-10(12)6-7-17(14(11)18)8-9-4-5-13(21-9)15(19)20/h1-7H,8H2,(H,19,20). The Balaban J connectivity index is 2.03. The van der Waals surface area contributed by atoms with Crippen LogP contribution in [0, 0.1) is 0 Å². The van der Waals surface area contributed by atoms with E-state index in [0.717, 1.165) is 0 Å². The molecule has 0 aliphatic rings. The molecule has 0 saturated carbocycles. The minimum absolute atomic E-state index is 0.151. The number of halogens is 1. The number of pyridine rings is 1. The minimum atomic E-state index is -1.14. The molecule has 0 aliphatic heterocycles. The molecule has 0 saturated heterocycles. The van der Waals surface area contributed by atoms with Crippen molar-refractivity contribution in [1.29, 1.82) is 0 Å². The first-order valence-corrected chi connectivity index (χ1v) is 6.54.